The normalized spacial score (nSPS) is 22.5. The number of carbonyl (C=O) groups is 1. The lowest BCUT2D eigenvalue weighted by Crippen LogP contribution is -2.47. The molecular weight excluding hydrogens is 403 g/mol. The Labute approximate surface area is 180 Å². The number of aromatic nitrogens is 2. The van der Waals surface area contributed by atoms with Crippen LogP contribution in [0.2, 0.25) is 0 Å². The number of hydrogen-bond donors (Lipinski definition) is 1. The molecule has 0 bridgehead atoms. The number of amides is 1. The fraction of sp³-hybridized carbons (Fsp3) is 0.550. The third-order valence-electron chi connectivity index (χ3n) is 6.09. The van der Waals surface area contributed by atoms with Crippen LogP contribution in [0.1, 0.15) is 33.3 Å². The molecule has 2 saturated heterocycles. The minimum atomic E-state index is -0.974. The van der Waals surface area contributed by atoms with E-state index in [1.54, 1.807) is 16.8 Å². The molecule has 0 aliphatic carbocycles. The van der Waals surface area contributed by atoms with Crippen molar-refractivity contribution >= 4 is 24.2 Å². The molecule has 164 valence electrons. The van der Waals surface area contributed by atoms with Gasteiger partial charge in [0.15, 0.2) is 0 Å². The van der Waals surface area contributed by atoms with Gasteiger partial charge in [-0.05, 0) is 33.8 Å². The van der Waals surface area contributed by atoms with Crippen molar-refractivity contribution in [3.8, 4) is 11.8 Å². The van der Waals surface area contributed by atoms with Gasteiger partial charge in [0.2, 0.25) is 0 Å². The van der Waals surface area contributed by atoms with E-state index in [9.17, 15) is 15.2 Å². The highest BCUT2D eigenvalue weighted by Gasteiger charge is 2.52. The van der Waals surface area contributed by atoms with Gasteiger partial charge < -0.3 is 28.8 Å². The fourth-order valence-electron chi connectivity index (χ4n) is 3.62. The van der Waals surface area contributed by atoms with Crippen LogP contribution in [-0.4, -0.2) is 76.4 Å². The molecule has 10 nitrogen and oxygen atoms in total. The molecule has 0 aromatic carbocycles. The lowest BCUT2D eigenvalue weighted by atomic mass is 9.78. The number of nitriles is 1. The van der Waals surface area contributed by atoms with E-state index in [0.717, 1.165) is 0 Å². The van der Waals surface area contributed by atoms with E-state index >= 15 is 0 Å². The minimum absolute atomic E-state index is 0.171. The van der Waals surface area contributed by atoms with Crippen molar-refractivity contribution < 1.29 is 28.7 Å². The third kappa shape index (κ3) is 3.94. The molecule has 1 atom stereocenters. The van der Waals surface area contributed by atoms with Gasteiger partial charge in [0.05, 0.1) is 47.8 Å². The number of morpholine rings is 1. The van der Waals surface area contributed by atoms with Gasteiger partial charge in [-0.15, -0.1) is 0 Å². The van der Waals surface area contributed by atoms with Gasteiger partial charge in [0, 0.05) is 12.0 Å². The van der Waals surface area contributed by atoms with Crippen molar-refractivity contribution in [1.29, 1.82) is 5.26 Å². The summed E-state index contributed by atoms with van der Waals surface area (Å²) in [5.41, 5.74) is 0.550. The van der Waals surface area contributed by atoms with Crippen LogP contribution in [0.25, 0.3) is 5.52 Å². The Morgan fingerprint density at radius 1 is 1.39 bits per heavy atom. The van der Waals surface area contributed by atoms with Crippen LogP contribution < -0.4 is 10.2 Å². The highest BCUT2D eigenvalue weighted by Crippen LogP contribution is 2.37. The number of ether oxygens (including phenoxy) is 2. The first kappa shape index (κ1) is 21.4. The first-order chi connectivity index (χ1) is 14.6. The molecule has 2 aliphatic heterocycles. The smallest absolute Gasteiger partial charge is 0.489 e. The average molecular weight is 428 g/mol. The third-order valence-corrected chi connectivity index (χ3v) is 6.09. The summed E-state index contributed by atoms with van der Waals surface area (Å²) in [6.45, 7) is 8.91. The van der Waals surface area contributed by atoms with Crippen LogP contribution >= 0.6 is 0 Å². The van der Waals surface area contributed by atoms with E-state index in [4.69, 9.17) is 18.8 Å². The Balaban J connectivity index is 1.61. The van der Waals surface area contributed by atoms with Gasteiger partial charge in [-0.25, -0.2) is 9.31 Å². The summed E-state index contributed by atoms with van der Waals surface area (Å²) in [4.78, 5) is 12.5. The van der Waals surface area contributed by atoms with Gasteiger partial charge in [-0.1, -0.05) is 0 Å². The molecule has 2 aromatic heterocycles. The van der Waals surface area contributed by atoms with Gasteiger partial charge in [0.1, 0.15) is 24.5 Å². The Kier molecular flexibility index (Phi) is 5.33. The van der Waals surface area contributed by atoms with E-state index in [0.29, 0.717) is 35.4 Å². The second kappa shape index (κ2) is 7.71. The topological polar surface area (TPSA) is 119 Å². The number of fused-ring (bicyclic) bond motifs is 1. The number of nitrogens with zero attached hydrogens (tertiary/aromatic N) is 4. The van der Waals surface area contributed by atoms with Gasteiger partial charge in [0.25, 0.3) is 0 Å². The van der Waals surface area contributed by atoms with E-state index in [-0.39, 0.29) is 19.3 Å². The molecule has 2 aliphatic rings. The summed E-state index contributed by atoms with van der Waals surface area (Å²) in [7, 11) is -0.701. The van der Waals surface area contributed by atoms with Crippen LogP contribution in [0, 0.1) is 11.3 Å². The second-order valence-electron chi connectivity index (χ2n) is 8.72. The minimum Gasteiger partial charge on any atom is -0.489 e. The van der Waals surface area contributed by atoms with E-state index in [2.05, 4.69) is 11.2 Å². The van der Waals surface area contributed by atoms with Crippen molar-refractivity contribution in [1.82, 2.24) is 14.5 Å². The maximum atomic E-state index is 11.2. The lowest BCUT2D eigenvalue weighted by molar-refractivity contribution is -0.0412. The first-order valence-electron chi connectivity index (χ1n) is 10.1. The molecule has 1 N–H and O–H groups in total. The van der Waals surface area contributed by atoms with Gasteiger partial charge >= 0.3 is 13.2 Å². The van der Waals surface area contributed by atoms with Crippen molar-refractivity contribution in [3.05, 3.63) is 24.0 Å². The zero-order valence-corrected chi connectivity index (χ0v) is 18.0. The standard InChI is InChI=1S/C20H25BN4O6/c1-19(2)20(3,4)31-21(30-19)16-7-14(11-25-17(16)13(8-22)9-23-25)29-12-15-10-24(18(26)27)5-6-28-15/h7,9,11,15H,5-6,10,12H2,1-4H3,(H,26,27)/t15-/m0/s1. The summed E-state index contributed by atoms with van der Waals surface area (Å²) in [6, 6.07) is 3.93. The molecule has 2 fully saturated rings. The largest absolute Gasteiger partial charge is 0.497 e. The molecule has 2 aromatic rings. The maximum Gasteiger partial charge on any atom is 0.497 e. The molecule has 11 heteroatoms. The Morgan fingerprint density at radius 2 is 2.10 bits per heavy atom. The van der Waals surface area contributed by atoms with Crippen molar-refractivity contribution in [2.75, 3.05) is 26.3 Å². The van der Waals surface area contributed by atoms with Crippen molar-refractivity contribution in [3.63, 3.8) is 0 Å². The number of carboxylic acid groups (broad SMARTS) is 1. The van der Waals surface area contributed by atoms with Crippen molar-refractivity contribution in [2.24, 2.45) is 0 Å². The highest BCUT2D eigenvalue weighted by molar-refractivity contribution is 6.64. The molecule has 0 saturated carbocycles. The second-order valence-corrected chi connectivity index (χ2v) is 8.72. The van der Waals surface area contributed by atoms with Gasteiger partial charge in [-0.2, -0.15) is 10.4 Å². The predicted octanol–water partition coefficient (Wildman–Crippen LogP) is 1.26. The maximum absolute atomic E-state index is 11.2. The Morgan fingerprint density at radius 3 is 2.74 bits per heavy atom. The highest BCUT2D eigenvalue weighted by atomic mass is 16.7. The Hall–Kier alpha value is -2.81. The number of pyridine rings is 1. The molecule has 4 heterocycles. The quantitative estimate of drug-likeness (QED) is 0.724. The van der Waals surface area contributed by atoms with Crippen molar-refractivity contribution in [2.45, 2.75) is 45.0 Å². The van der Waals surface area contributed by atoms with Crippen LogP contribution in [0.3, 0.4) is 0 Å². The van der Waals surface area contributed by atoms with E-state index in [1.807, 2.05) is 27.7 Å². The summed E-state index contributed by atoms with van der Waals surface area (Å²) in [5.74, 6) is 0.487. The average Bonchev–Trinajstić information content (AvgIpc) is 3.23. The summed E-state index contributed by atoms with van der Waals surface area (Å²) in [6.07, 6.45) is 1.80. The zero-order chi connectivity index (χ0) is 22.4. The Bertz CT molecular complexity index is 1030. The lowest BCUT2D eigenvalue weighted by Gasteiger charge is -2.32. The monoisotopic (exact) mass is 428 g/mol. The molecule has 0 spiro atoms. The fourth-order valence-corrected chi connectivity index (χ4v) is 3.62. The van der Waals surface area contributed by atoms with Crippen LogP contribution in [0.5, 0.6) is 5.75 Å². The summed E-state index contributed by atoms with van der Waals surface area (Å²) >= 11 is 0. The molecule has 4 rings (SSSR count). The van der Waals surface area contributed by atoms with E-state index < -0.39 is 24.4 Å². The number of rotatable bonds is 4. The van der Waals surface area contributed by atoms with Crippen LogP contribution in [0.4, 0.5) is 4.79 Å². The molecule has 1 amide bonds. The van der Waals surface area contributed by atoms with Crippen LogP contribution in [-0.2, 0) is 14.0 Å². The molecule has 31 heavy (non-hydrogen) atoms. The molecule has 0 radical (unpaired) electrons. The zero-order valence-electron chi connectivity index (χ0n) is 18.0. The summed E-state index contributed by atoms with van der Waals surface area (Å²) in [5, 5.41) is 23.0. The van der Waals surface area contributed by atoms with Crippen LogP contribution in [0.15, 0.2) is 18.5 Å². The predicted molar refractivity (Wildman–Crippen MR) is 110 cm³/mol. The molecule has 0 unspecified atom stereocenters. The summed E-state index contributed by atoms with van der Waals surface area (Å²) < 4.78 is 25.5. The first-order valence-corrected chi connectivity index (χ1v) is 10.1. The number of hydrogen-bond acceptors (Lipinski definition) is 7. The van der Waals surface area contributed by atoms with E-state index in [1.165, 1.54) is 11.1 Å². The van der Waals surface area contributed by atoms with Gasteiger partial charge in [-0.3, -0.25) is 0 Å². The molecular formula is C20H25BN4O6. The SMILES string of the molecule is CC1(C)OB(c2cc(OC[C@@H]3CN(C(=O)O)CCO3)cn3ncc(C#N)c23)OC1(C)C.